The Morgan fingerprint density at radius 2 is 1.93 bits per heavy atom. The predicted octanol–water partition coefficient (Wildman–Crippen LogP) is 2.37. The standard InChI is InChI=1S/C12H20N2O/c1-8(2)7-14-10(9(3)4)5-6-11(14)12(13)15/h5-6,8-9H,7H2,1-4H3,(H2,13,15). The fourth-order valence-electron chi connectivity index (χ4n) is 1.77. The molecule has 0 aromatic carbocycles. The van der Waals surface area contributed by atoms with Crippen molar-refractivity contribution in [3.8, 4) is 0 Å². The molecule has 0 aliphatic rings. The van der Waals surface area contributed by atoms with Crippen molar-refractivity contribution in [1.82, 2.24) is 4.57 Å². The van der Waals surface area contributed by atoms with Crippen LogP contribution in [0.3, 0.4) is 0 Å². The van der Waals surface area contributed by atoms with Crippen molar-refractivity contribution < 1.29 is 4.79 Å². The highest BCUT2D eigenvalue weighted by atomic mass is 16.1. The van der Waals surface area contributed by atoms with Gasteiger partial charge in [-0.25, -0.2) is 0 Å². The molecule has 3 heteroatoms. The first-order valence-electron chi connectivity index (χ1n) is 5.42. The molecule has 0 aliphatic carbocycles. The summed E-state index contributed by atoms with van der Waals surface area (Å²) in [6.45, 7) is 9.36. The van der Waals surface area contributed by atoms with E-state index in [0.29, 0.717) is 17.5 Å². The van der Waals surface area contributed by atoms with Crippen LogP contribution >= 0.6 is 0 Å². The van der Waals surface area contributed by atoms with E-state index >= 15 is 0 Å². The molecule has 2 N–H and O–H groups in total. The van der Waals surface area contributed by atoms with Crippen LogP contribution < -0.4 is 5.73 Å². The summed E-state index contributed by atoms with van der Waals surface area (Å²) >= 11 is 0. The first kappa shape index (κ1) is 11.8. The first-order valence-corrected chi connectivity index (χ1v) is 5.42. The van der Waals surface area contributed by atoms with E-state index < -0.39 is 0 Å². The third-order valence-corrected chi connectivity index (χ3v) is 2.41. The van der Waals surface area contributed by atoms with Gasteiger partial charge >= 0.3 is 0 Å². The van der Waals surface area contributed by atoms with Crippen LogP contribution in [0.4, 0.5) is 0 Å². The summed E-state index contributed by atoms with van der Waals surface area (Å²) in [5.41, 5.74) is 7.14. The number of nitrogens with two attached hydrogens (primary N) is 1. The van der Waals surface area contributed by atoms with Crippen molar-refractivity contribution in [2.75, 3.05) is 0 Å². The van der Waals surface area contributed by atoms with Crippen LogP contribution in [0, 0.1) is 5.92 Å². The highest BCUT2D eigenvalue weighted by Crippen LogP contribution is 2.19. The number of primary amides is 1. The largest absolute Gasteiger partial charge is 0.364 e. The van der Waals surface area contributed by atoms with Gasteiger partial charge in [0.25, 0.3) is 5.91 Å². The molecule has 0 bridgehead atoms. The maximum atomic E-state index is 11.2. The second kappa shape index (κ2) is 4.51. The Kier molecular flexibility index (Phi) is 3.56. The van der Waals surface area contributed by atoms with Gasteiger partial charge in [-0.2, -0.15) is 0 Å². The Bertz CT molecular complexity index is 351. The van der Waals surface area contributed by atoms with E-state index in [4.69, 9.17) is 5.73 Å². The fraction of sp³-hybridized carbons (Fsp3) is 0.583. The molecule has 0 saturated heterocycles. The third-order valence-electron chi connectivity index (χ3n) is 2.41. The van der Waals surface area contributed by atoms with Gasteiger partial charge in [-0.05, 0) is 24.0 Å². The Balaban J connectivity index is 3.14. The summed E-state index contributed by atoms with van der Waals surface area (Å²) < 4.78 is 2.04. The van der Waals surface area contributed by atoms with E-state index in [1.54, 1.807) is 0 Å². The van der Waals surface area contributed by atoms with Crippen molar-refractivity contribution in [3.05, 3.63) is 23.5 Å². The second-order valence-electron chi connectivity index (χ2n) is 4.67. The number of rotatable bonds is 4. The molecule has 1 aromatic heterocycles. The average molecular weight is 208 g/mol. The van der Waals surface area contributed by atoms with Crippen LogP contribution in [0.2, 0.25) is 0 Å². The van der Waals surface area contributed by atoms with Gasteiger partial charge in [-0.15, -0.1) is 0 Å². The van der Waals surface area contributed by atoms with Crippen LogP contribution in [0.25, 0.3) is 0 Å². The van der Waals surface area contributed by atoms with E-state index in [-0.39, 0.29) is 5.91 Å². The summed E-state index contributed by atoms with van der Waals surface area (Å²) in [6, 6.07) is 3.81. The summed E-state index contributed by atoms with van der Waals surface area (Å²) in [5, 5.41) is 0. The molecule has 1 rings (SSSR count). The van der Waals surface area contributed by atoms with E-state index in [0.717, 1.165) is 6.54 Å². The lowest BCUT2D eigenvalue weighted by Crippen LogP contribution is -2.20. The smallest absolute Gasteiger partial charge is 0.265 e. The molecule has 0 fully saturated rings. The maximum Gasteiger partial charge on any atom is 0.265 e. The lowest BCUT2D eigenvalue weighted by molar-refractivity contribution is 0.0990. The molecule has 0 atom stereocenters. The SMILES string of the molecule is CC(C)Cn1c(C(N)=O)ccc1C(C)C. The van der Waals surface area contributed by atoms with E-state index in [1.165, 1.54) is 5.69 Å². The highest BCUT2D eigenvalue weighted by Gasteiger charge is 2.15. The molecule has 15 heavy (non-hydrogen) atoms. The normalized spacial score (nSPS) is 11.3. The lowest BCUT2D eigenvalue weighted by atomic mass is 10.1. The van der Waals surface area contributed by atoms with Gasteiger partial charge in [0.1, 0.15) is 5.69 Å². The van der Waals surface area contributed by atoms with Gasteiger partial charge in [-0.3, -0.25) is 4.79 Å². The maximum absolute atomic E-state index is 11.2. The number of aromatic nitrogens is 1. The van der Waals surface area contributed by atoms with Crippen molar-refractivity contribution in [2.45, 2.75) is 40.2 Å². The highest BCUT2D eigenvalue weighted by molar-refractivity contribution is 5.91. The summed E-state index contributed by atoms with van der Waals surface area (Å²) in [4.78, 5) is 11.2. The fourth-order valence-corrected chi connectivity index (χ4v) is 1.77. The molecule has 1 heterocycles. The minimum absolute atomic E-state index is 0.345. The minimum Gasteiger partial charge on any atom is -0.364 e. The van der Waals surface area contributed by atoms with Crippen LogP contribution in [0.1, 0.15) is 49.8 Å². The van der Waals surface area contributed by atoms with E-state index in [1.807, 2.05) is 16.7 Å². The van der Waals surface area contributed by atoms with Gasteiger partial charge in [0.05, 0.1) is 0 Å². The Morgan fingerprint density at radius 3 is 2.33 bits per heavy atom. The third kappa shape index (κ3) is 2.61. The minimum atomic E-state index is -0.345. The zero-order chi connectivity index (χ0) is 11.6. The monoisotopic (exact) mass is 208 g/mol. The molecular formula is C12H20N2O. The van der Waals surface area contributed by atoms with Gasteiger partial charge in [0.15, 0.2) is 0 Å². The number of nitrogens with zero attached hydrogens (tertiary/aromatic N) is 1. The number of carbonyl (C=O) groups excluding carboxylic acids is 1. The Morgan fingerprint density at radius 1 is 1.33 bits per heavy atom. The van der Waals surface area contributed by atoms with Gasteiger partial charge in [0.2, 0.25) is 0 Å². The van der Waals surface area contributed by atoms with E-state index in [9.17, 15) is 4.79 Å². The van der Waals surface area contributed by atoms with Crippen molar-refractivity contribution in [2.24, 2.45) is 11.7 Å². The second-order valence-corrected chi connectivity index (χ2v) is 4.67. The van der Waals surface area contributed by atoms with Gasteiger partial charge < -0.3 is 10.3 Å². The predicted molar refractivity (Wildman–Crippen MR) is 61.9 cm³/mol. The van der Waals surface area contributed by atoms with Crippen LogP contribution in [-0.4, -0.2) is 10.5 Å². The zero-order valence-electron chi connectivity index (χ0n) is 9.95. The van der Waals surface area contributed by atoms with Crippen molar-refractivity contribution in [1.29, 1.82) is 0 Å². The van der Waals surface area contributed by atoms with Crippen molar-refractivity contribution >= 4 is 5.91 Å². The molecule has 0 spiro atoms. The average Bonchev–Trinajstić information content (AvgIpc) is 2.46. The molecule has 3 nitrogen and oxygen atoms in total. The molecule has 0 aliphatic heterocycles. The van der Waals surface area contributed by atoms with E-state index in [2.05, 4.69) is 27.7 Å². The van der Waals surface area contributed by atoms with Gasteiger partial charge in [0, 0.05) is 12.2 Å². The molecule has 1 aromatic rings. The molecule has 84 valence electrons. The number of hydrogen-bond donors (Lipinski definition) is 1. The number of hydrogen-bond acceptors (Lipinski definition) is 1. The number of carbonyl (C=O) groups is 1. The Labute approximate surface area is 91.3 Å². The first-order chi connectivity index (χ1) is 6.93. The topological polar surface area (TPSA) is 48.0 Å². The molecule has 1 amide bonds. The van der Waals surface area contributed by atoms with Crippen molar-refractivity contribution in [3.63, 3.8) is 0 Å². The summed E-state index contributed by atoms with van der Waals surface area (Å²) in [5.74, 6) is 0.576. The number of amides is 1. The van der Waals surface area contributed by atoms with Crippen LogP contribution in [0.15, 0.2) is 12.1 Å². The molecule has 0 radical (unpaired) electrons. The van der Waals surface area contributed by atoms with Crippen LogP contribution in [0.5, 0.6) is 0 Å². The summed E-state index contributed by atoms with van der Waals surface area (Å²) in [7, 11) is 0. The van der Waals surface area contributed by atoms with Gasteiger partial charge in [-0.1, -0.05) is 27.7 Å². The Hall–Kier alpha value is -1.25. The molecule has 0 saturated carbocycles. The summed E-state index contributed by atoms with van der Waals surface area (Å²) in [6.07, 6.45) is 0. The molecule has 0 unspecified atom stereocenters. The lowest BCUT2D eigenvalue weighted by Gasteiger charge is -2.16. The van der Waals surface area contributed by atoms with Crippen LogP contribution in [-0.2, 0) is 6.54 Å². The quantitative estimate of drug-likeness (QED) is 0.811. The molecular weight excluding hydrogens is 188 g/mol. The zero-order valence-corrected chi connectivity index (χ0v) is 9.95.